The van der Waals surface area contributed by atoms with Gasteiger partial charge in [0.25, 0.3) is 0 Å². The molecule has 0 bridgehead atoms. The minimum Gasteiger partial charge on any atom is -0.0978 e. The molecule has 0 nitrogen and oxygen atoms in total. The monoisotopic (exact) mass is 466 g/mol. The molecule has 0 aliphatic carbocycles. The van der Waals surface area contributed by atoms with Crippen molar-refractivity contribution < 1.29 is 0 Å². The van der Waals surface area contributed by atoms with Crippen LogP contribution in [0.5, 0.6) is 0 Å². The van der Waals surface area contributed by atoms with E-state index in [2.05, 4.69) is 110 Å². The maximum atomic E-state index is 3.63. The standard InChI is InChI=1S/C36H34/c1-3-5-7-9-11-21-31-33-23-27-17-13-15-19-29(27)25-35(33)32(22-12-10-8-6-4-2)36-26-30-20-16-14-18-28(30)24-34(31)36/h13-20,23-26H,3-10H2,1-2H3. The predicted octanol–water partition coefficient (Wildman–Crippen LogP) is 10.2. The average Bonchev–Trinajstić information content (AvgIpc) is 2.91. The van der Waals surface area contributed by atoms with Gasteiger partial charge < -0.3 is 0 Å². The quantitative estimate of drug-likeness (QED) is 0.133. The van der Waals surface area contributed by atoms with Crippen LogP contribution in [0.25, 0.3) is 43.1 Å². The van der Waals surface area contributed by atoms with Crippen molar-refractivity contribution in [3.63, 3.8) is 0 Å². The van der Waals surface area contributed by atoms with E-state index in [-0.39, 0.29) is 0 Å². The van der Waals surface area contributed by atoms with Gasteiger partial charge >= 0.3 is 0 Å². The average molecular weight is 467 g/mol. The highest BCUT2D eigenvalue weighted by atomic mass is 14.2. The fraction of sp³-hybridized carbons (Fsp3) is 0.278. The summed E-state index contributed by atoms with van der Waals surface area (Å²) >= 11 is 0. The predicted molar refractivity (Wildman–Crippen MR) is 159 cm³/mol. The lowest BCUT2D eigenvalue weighted by atomic mass is 9.88. The summed E-state index contributed by atoms with van der Waals surface area (Å²) < 4.78 is 0. The highest BCUT2D eigenvalue weighted by molar-refractivity contribution is 6.16. The van der Waals surface area contributed by atoms with Crippen LogP contribution in [0.3, 0.4) is 0 Å². The Balaban J connectivity index is 1.83. The molecule has 0 saturated carbocycles. The van der Waals surface area contributed by atoms with Gasteiger partial charge in [0, 0.05) is 24.0 Å². The third-order valence-electron chi connectivity index (χ3n) is 7.09. The van der Waals surface area contributed by atoms with Crippen molar-refractivity contribution in [1.29, 1.82) is 0 Å². The van der Waals surface area contributed by atoms with E-state index >= 15 is 0 Å². The van der Waals surface area contributed by atoms with Crippen LogP contribution in [-0.2, 0) is 0 Å². The number of fused-ring (bicyclic) bond motifs is 4. The van der Waals surface area contributed by atoms with E-state index in [0.29, 0.717) is 0 Å². The molecule has 36 heavy (non-hydrogen) atoms. The summed E-state index contributed by atoms with van der Waals surface area (Å²) in [6.07, 6.45) is 9.11. The Morgan fingerprint density at radius 2 is 0.806 bits per heavy atom. The molecule has 0 radical (unpaired) electrons. The SMILES string of the molecule is CCCCCC#Cc1c2cc3ccccc3cc2c(C#CCCCCC)c2cc3ccccc3cc12. The van der Waals surface area contributed by atoms with Crippen LogP contribution in [0.4, 0.5) is 0 Å². The molecule has 0 aliphatic heterocycles. The van der Waals surface area contributed by atoms with Crippen LogP contribution in [0.2, 0.25) is 0 Å². The summed E-state index contributed by atoms with van der Waals surface area (Å²) in [5.74, 6) is 14.3. The van der Waals surface area contributed by atoms with Gasteiger partial charge in [-0.25, -0.2) is 0 Å². The van der Waals surface area contributed by atoms with Gasteiger partial charge in [-0.3, -0.25) is 0 Å². The summed E-state index contributed by atoms with van der Waals surface area (Å²) in [6, 6.07) is 26.6. The number of unbranched alkanes of at least 4 members (excludes halogenated alkanes) is 6. The molecule has 0 atom stereocenters. The van der Waals surface area contributed by atoms with Crippen molar-refractivity contribution in [2.75, 3.05) is 0 Å². The second-order valence-electron chi connectivity index (χ2n) is 9.76. The van der Waals surface area contributed by atoms with Crippen LogP contribution in [-0.4, -0.2) is 0 Å². The first-order valence-corrected chi connectivity index (χ1v) is 13.6. The van der Waals surface area contributed by atoms with Gasteiger partial charge in [0.1, 0.15) is 0 Å². The lowest BCUT2D eigenvalue weighted by Crippen LogP contribution is -1.92. The highest BCUT2D eigenvalue weighted by Crippen LogP contribution is 2.37. The van der Waals surface area contributed by atoms with E-state index < -0.39 is 0 Å². The number of hydrogen-bond donors (Lipinski definition) is 0. The van der Waals surface area contributed by atoms with E-state index in [4.69, 9.17) is 0 Å². The topological polar surface area (TPSA) is 0 Å². The first-order valence-electron chi connectivity index (χ1n) is 13.6. The van der Waals surface area contributed by atoms with Crippen LogP contribution >= 0.6 is 0 Å². The third-order valence-corrected chi connectivity index (χ3v) is 7.09. The van der Waals surface area contributed by atoms with Gasteiger partial charge in [-0.05, 0) is 80.2 Å². The zero-order chi connectivity index (χ0) is 24.7. The number of benzene rings is 5. The number of rotatable bonds is 6. The normalized spacial score (nSPS) is 10.9. The van der Waals surface area contributed by atoms with Gasteiger partial charge in [0.2, 0.25) is 0 Å². The van der Waals surface area contributed by atoms with E-state index in [1.807, 2.05) is 0 Å². The van der Waals surface area contributed by atoms with Crippen LogP contribution in [0, 0.1) is 23.7 Å². The van der Waals surface area contributed by atoms with Gasteiger partial charge in [-0.2, -0.15) is 0 Å². The lowest BCUT2D eigenvalue weighted by Gasteiger charge is -2.14. The Morgan fingerprint density at radius 1 is 0.472 bits per heavy atom. The van der Waals surface area contributed by atoms with E-state index in [1.165, 1.54) is 68.8 Å². The molecule has 5 aromatic carbocycles. The van der Waals surface area contributed by atoms with E-state index in [9.17, 15) is 0 Å². The van der Waals surface area contributed by atoms with Crippen molar-refractivity contribution in [3.8, 4) is 23.7 Å². The molecule has 0 heterocycles. The molecule has 0 saturated heterocycles. The number of hydrogen-bond acceptors (Lipinski definition) is 0. The summed E-state index contributed by atoms with van der Waals surface area (Å²) in [5.41, 5.74) is 2.29. The first-order chi connectivity index (χ1) is 17.8. The Labute approximate surface area is 215 Å². The maximum Gasteiger partial charge on any atom is 0.0403 e. The second kappa shape index (κ2) is 11.3. The Kier molecular flexibility index (Phi) is 7.55. The summed E-state index contributed by atoms with van der Waals surface area (Å²) in [5, 5.41) is 9.88. The first kappa shape index (κ1) is 24.0. The van der Waals surface area contributed by atoms with Crippen molar-refractivity contribution in [2.24, 2.45) is 0 Å². The van der Waals surface area contributed by atoms with E-state index in [0.717, 1.165) is 36.8 Å². The molecule has 0 fully saturated rings. The molecule has 178 valence electrons. The molecular weight excluding hydrogens is 432 g/mol. The molecular formula is C36H34. The van der Waals surface area contributed by atoms with Crippen molar-refractivity contribution in [1.82, 2.24) is 0 Å². The van der Waals surface area contributed by atoms with Crippen molar-refractivity contribution in [3.05, 3.63) is 83.9 Å². The molecule has 5 aromatic rings. The van der Waals surface area contributed by atoms with Gasteiger partial charge in [0.15, 0.2) is 0 Å². The van der Waals surface area contributed by atoms with Crippen molar-refractivity contribution >= 4 is 43.1 Å². The van der Waals surface area contributed by atoms with Crippen LogP contribution in [0.15, 0.2) is 72.8 Å². The molecule has 0 N–H and O–H groups in total. The van der Waals surface area contributed by atoms with Gasteiger partial charge in [-0.15, -0.1) is 0 Å². The molecule has 0 amide bonds. The van der Waals surface area contributed by atoms with Crippen LogP contribution < -0.4 is 0 Å². The minimum absolute atomic E-state index is 0.941. The fourth-order valence-corrected chi connectivity index (χ4v) is 5.10. The Hall–Kier alpha value is -3.74. The molecule has 0 heteroatoms. The fourth-order valence-electron chi connectivity index (χ4n) is 5.10. The highest BCUT2D eigenvalue weighted by Gasteiger charge is 2.14. The molecule has 5 rings (SSSR count). The van der Waals surface area contributed by atoms with Gasteiger partial charge in [0.05, 0.1) is 0 Å². The summed E-state index contributed by atoms with van der Waals surface area (Å²) in [6.45, 7) is 4.49. The lowest BCUT2D eigenvalue weighted by molar-refractivity contribution is 0.737. The summed E-state index contributed by atoms with van der Waals surface area (Å²) in [7, 11) is 0. The van der Waals surface area contributed by atoms with Gasteiger partial charge in [-0.1, -0.05) is 112 Å². The minimum atomic E-state index is 0.941. The third kappa shape index (κ3) is 4.96. The largest absolute Gasteiger partial charge is 0.0978 e. The zero-order valence-electron chi connectivity index (χ0n) is 21.6. The zero-order valence-corrected chi connectivity index (χ0v) is 21.6. The molecule has 0 aliphatic rings. The Bertz CT molecular complexity index is 1440. The molecule has 0 unspecified atom stereocenters. The van der Waals surface area contributed by atoms with E-state index in [1.54, 1.807) is 0 Å². The molecule has 0 aromatic heterocycles. The second-order valence-corrected chi connectivity index (χ2v) is 9.76. The van der Waals surface area contributed by atoms with Crippen molar-refractivity contribution in [2.45, 2.75) is 65.2 Å². The maximum absolute atomic E-state index is 3.63. The Morgan fingerprint density at radius 3 is 1.11 bits per heavy atom. The smallest absolute Gasteiger partial charge is 0.0403 e. The van der Waals surface area contributed by atoms with Crippen LogP contribution in [0.1, 0.15) is 76.3 Å². The molecule has 0 spiro atoms. The summed E-state index contributed by atoms with van der Waals surface area (Å²) in [4.78, 5) is 0.